The summed E-state index contributed by atoms with van der Waals surface area (Å²) >= 11 is 0. The average Bonchev–Trinajstić information content (AvgIpc) is 3.16. The van der Waals surface area contributed by atoms with Crippen molar-refractivity contribution in [2.24, 2.45) is 23.5 Å². The Balaban J connectivity index is 2.62. The number of hydrogen-bond acceptors (Lipinski definition) is 3. The van der Waals surface area contributed by atoms with Gasteiger partial charge in [0.05, 0.1) is 0 Å². The molecule has 0 heterocycles. The highest BCUT2D eigenvalue weighted by molar-refractivity contribution is 5.79. The quantitative estimate of drug-likeness (QED) is 0.647. The Morgan fingerprint density at radius 2 is 1.65 bits per heavy atom. The van der Waals surface area contributed by atoms with E-state index in [1.165, 1.54) is 0 Å². The zero-order chi connectivity index (χ0) is 15.3. The van der Waals surface area contributed by atoms with Gasteiger partial charge in [-0.2, -0.15) is 0 Å². The van der Waals surface area contributed by atoms with E-state index in [0.29, 0.717) is 18.4 Å². The highest BCUT2D eigenvalue weighted by atomic mass is 16.4. The molecule has 3 N–H and O–H groups in total. The maximum absolute atomic E-state index is 11.6. The van der Waals surface area contributed by atoms with Crippen LogP contribution in [-0.4, -0.2) is 41.1 Å². The first-order chi connectivity index (χ1) is 9.25. The fraction of sp³-hybridized carbons (Fsp3) is 0.938. The molecule has 0 bridgehead atoms. The van der Waals surface area contributed by atoms with Crippen molar-refractivity contribution >= 4 is 5.97 Å². The van der Waals surface area contributed by atoms with Crippen LogP contribution in [0.2, 0.25) is 0 Å². The molecule has 4 heteroatoms. The average molecular weight is 284 g/mol. The molecular formula is C16H32N2O2. The predicted octanol–water partition coefficient (Wildman–Crippen LogP) is 2.57. The number of carboxylic acid groups (broad SMARTS) is 1. The second-order valence-corrected chi connectivity index (χ2v) is 7.26. The van der Waals surface area contributed by atoms with Crippen molar-refractivity contribution in [3.05, 3.63) is 0 Å². The van der Waals surface area contributed by atoms with Crippen molar-refractivity contribution in [2.45, 2.75) is 58.9 Å². The molecule has 0 saturated heterocycles. The summed E-state index contributed by atoms with van der Waals surface area (Å²) in [5.74, 6) is 0.601. The van der Waals surface area contributed by atoms with Gasteiger partial charge in [-0.05, 0) is 56.5 Å². The number of aliphatic carboxylic acids is 1. The molecule has 0 aliphatic heterocycles. The van der Waals surface area contributed by atoms with Crippen molar-refractivity contribution in [3.8, 4) is 0 Å². The summed E-state index contributed by atoms with van der Waals surface area (Å²) < 4.78 is 0. The van der Waals surface area contributed by atoms with Crippen LogP contribution < -0.4 is 5.73 Å². The summed E-state index contributed by atoms with van der Waals surface area (Å²) in [4.78, 5) is 13.8. The van der Waals surface area contributed by atoms with E-state index in [4.69, 9.17) is 5.73 Å². The lowest BCUT2D eigenvalue weighted by Gasteiger charge is -2.33. The molecule has 1 atom stereocenters. The lowest BCUT2D eigenvalue weighted by Crippen LogP contribution is -2.58. The maximum atomic E-state index is 11.6. The first-order valence-electron chi connectivity index (χ1n) is 8.00. The van der Waals surface area contributed by atoms with Crippen LogP contribution in [0.1, 0.15) is 53.4 Å². The molecule has 1 rings (SSSR count). The van der Waals surface area contributed by atoms with Gasteiger partial charge in [0.15, 0.2) is 0 Å². The molecule has 118 valence electrons. The first kappa shape index (κ1) is 17.4. The topological polar surface area (TPSA) is 66.6 Å². The molecule has 0 aromatic carbocycles. The Morgan fingerprint density at radius 1 is 1.20 bits per heavy atom. The zero-order valence-corrected chi connectivity index (χ0v) is 13.6. The van der Waals surface area contributed by atoms with Crippen molar-refractivity contribution < 1.29 is 9.90 Å². The van der Waals surface area contributed by atoms with E-state index in [1.807, 2.05) is 0 Å². The molecule has 1 aliphatic rings. The van der Waals surface area contributed by atoms with E-state index in [9.17, 15) is 9.90 Å². The van der Waals surface area contributed by atoms with E-state index >= 15 is 0 Å². The van der Waals surface area contributed by atoms with Crippen LogP contribution in [0, 0.1) is 17.8 Å². The fourth-order valence-electron chi connectivity index (χ4n) is 2.49. The molecule has 0 aromatic rings. The molecule has 1 unspecified atom stereocenters. The molecule has 0 radical (unpaired) electrons. The van der Waals surface area contributed by atoms with Gasteiger partial charge in [-0.25, -0.2) is 0 Å². The van der Waals surface area contributed by atoms with Crippen molar-refractivity contribution in [1.82, 2.24) is 4.90 Å². The van der Waals surface area contributed by atoms with Gasteiger partial charge in [-0.3, -0.25) is 4.79 Å². The number of hydrogen-bond donors (Lipinski definition) is 2. The molecule has 0 spiro atoms. The molecule has 0 aromatic heterocycles. The minimum atomic E-state index is -1.05. The Morgan fingerprint density at radius 3 is 1.95 bits per heavy atom. The van der Waals surface area contributed by atoms with Crippen molar-refractivity contribution in [1.29, 1.82) is 0 Å². The third-order valence-electron chi connectivity index (χ3n) is 4.23. The van der Waals surface area contributed by atoms with Gasteiger partial charge < -0.3 is 15.7 Å². The summed E-state index contributed by atoms with van der Waals surface area (Å²) in [5.41, 5.74) is 5.17. The number of rotatable bonds is 10. The lowest BCUT2D eigenvalue weighted by atomic mass is 9.93. The summed E-state index contributed by atoms with van der Waals surface area (Å²) in [6, 6.07) is 0. The van der Waals surface area contributed by atoms with Crippen LogP contribution in [0.5, 0.6) is 0 Å². The summed E-state index contributed by atoms with van der Waals surface area (Å²) in [6.07, 6.45) is 4.12. The Hall–Kier alpha value is -0.610. The maximum Gasteiger partial charge on any atom is 0.325 e. The second kappa shape index (κ2) is 7.41. The minimum absolute atomic E-state index is 0.167. The van der Waals surface area contributed by atoms with Crippen LogP contribution >= 0.6 is 0 Å². The molecule has 20 heavy (non-hydrogen) atoms. The van der Waals surface area contributed by atoms with Crippen molar-refractivity contribution in [3.63, 3.8) is 0 Å². The predicted molar refractivity (Wildman–Crippen MR) is 82.6 cm³/mol. The molecule has 0 amide bonds. The Labute approximate surface area is 123 Å². The standard InChI is InChI=1S/C16H32N2O2/c1-12(2)7-9-18(10-8-13(3)4)11-16(17,15(19)20)14-5-6-14/h12-14H,5-11,17H2,1-4H3,(H,19,20). The van der Waals surface area contributed by atoms with E-state index in [0.717, 1.165) is 38.8 Å². The van der Waals surface area contributed by atoms with Gasteiger partial charge in [-0.15, -0.1) is 0 Å². The molecule has 1 fully saturated rings. The monoisotopic (exact) mass is 284 g/mol. The fourth-order valence-corrected chi connectivity index (χ4v) is 2.49. The largest absolute Gasteiger partial charge is 0.480 e. The molecule has 1 aliphatic carbocycles. The summed E-state index contributed by atoms with van der Waals surface area (Å²) in [6.45, 7) is 11.2. The molecule has 1 saturated carbocycles. The Bertz CT molecular complexity index is 302. The number of nitrogens with zero attached hydrogens (tertiary/aromatic N) is 1. The third kappa shape index (κ3) is 5.41. The van der Waals surface area contributed by atoms with Gasteiger partial charge >= 0.3 is 5.97 Å². The third-order valence-corrected chi connectivity index (χ3v) is 4.23. The van der Waals surface area contributed by atoms with Gasteiger partial charge in [0, 0.05) is 6.54 Å². The van der Waals surface area contributed by atoms with Gasteiger partial charge in [0.1, 0.15) is 5.54 Å². The van der Waals surface area contributed by atoms with E-state index in [1.54, 1.807) is 0 Å². The SMILES string of the molecule is CC(C)CCN(CCC(C)C)CC(N)(C(=O)O)C1CC1. The van der Waals surface area contributed by atoms with Crippen LogP contribution in [-0.2, 0) is 4.79 Å². The smallest absolute Gasteiger partial charge is 0.325 e. The number of carbonyl (C=O) groups is 1. The Kier molecular flexibility index (Phi) is 6.46. The van der Waals surface area contributed by atoms with Gasteiger partial charge in [0.25, 0.3) is 0 Å². The lowest BCUT2D eigenvalue weighted by molar-refractivity contribution is -0.145. The van der Waals surface area contributed by atoms with Crippen molar-refractivity contribution in [2.75, 3.05) is 19.6 Å². The summed E-state index contributed by atoms with van der Waals surface area (Å²) in [5, 5.41) is 9.49. The molecular weight excluding hydrogens is 252 g/mol. The molecule has 4 nitrogen and oxygen atoms in total. The van der Waals surface area contributed by atoms with Crippen LogP contribution in [0.25, 0.3) is 0 Å². The number of nitrogens with two attached hydrogens (primary N) is 1. The van der Waals surface area contributed by atoms with Crippen LogP contribution in [0.15, 0.2) is 0 Å². The first-order valence-corrected chi connectivity index (χ1v) is 8.00. The second-order valence-electron chi connectivity index (χ2n) is 7.26. The van der Waals surface area contributed by atoms with E-state index < -0.39 is 11.5 Å². The normalized spacial score (nSPS) is 18.8. The summed E-state index contributed by atoms with van der Waals surface area (Å²) in [7, 11) is 0. The van der Waals surface area contributed by atoms with Crippen LogP contribution in [0.3, 0.4) is 0 Å². The minimum Gasteiger partial charge on any atom is -0.480 e. The van der Waals surface area contributed by atoms with Crippen LogP contribution in [0.4, 0.5) is 0 Å². The highest BCUT2D eigenvalue weighted by Crippen LogP contribution is 2.39. The van der Waals surface area contributed by atoms with Gasteiger partial charge in [0.2, 0.25) is 0 Å². The van der Waals surface area contributed by atoms with Gasteiger partial charge in [-0.1, -0.05) is 27.7 Å². The highest BCUT2D eigenvalue weighted by Gasteiger charge is 2.49. The number of carboxylic acids is 1. The van der Waals surface area contributed by atoms with E-state index in [2.05, 4.69) is 32.6 Å². The van der Waals surface area contributed by atoms with E-state index in [-0.39, 0.29) is 5.92 Å². The zero-order valence-electron chi connectivity index (χ0n) is 13.6.